The number of rotatable bonds is 2. The van der Waals surface area contributed by atoms with Gasteiger partial charge < -0.3 is 10.7 Å². The van der Waals surface area contributed by atoms with Gasteiger partial charge in [-0.05, 0) is 16.3 Å². The van der Waals surface area contributed by atoms with Crippen LogP contribution in [0.25, 0.3) is 21.9 Å². The number of H-pyrrole nitrogens is 1. The molecular weight excluding hydrogens is 262 g/mol. The molecule has 0 fully saturated rings. The Morgan fingerprint density at radius 1 is 1.00 bits per heavy atom. The zero-order chi connectivity index (χ0) is 14.2. The van der Waals surface area contributed by atoms with Crippen molar-refractivity contribution in [3.05, 3.63) is 60.2 Å². The molecule has 4 rings (SSSR count). The number of imidazole rings is 1. The van der Waals surface area contributed by atoms with Crippen molar-refractivity contribution in [2.75, 3.05) is 5.73 Å². The Labute approximate surface area is 120 Å². The quantitative estimate of drug-likeness (QED) is 0.589. The van der Waals surface area contributed by atoms with Gasteiger partial charge in [0.2, 0.25) is 0 Å². The average molecular weight is 275 g/mol. The molecule has 0 saturated carbocycles. The molecule has 102 valence electrons. The maximum Gasteiger partial charge on any atom is 0.183 e. The molecule has 0 aliphatic carbocycles. The molecule has 4 aromatic rings. The molecule has 0 spiro atoms. The summed E-state index contributed by atoms with van der Waals surface area (Å²) in [5.74, 6) is 1.27. The highest BCUT2D eigenvalue weighted by Gasteiger charge is 2.09. The van der Waals surface area contributed by atoms with Crippen molar-refractivity contribution in [2.45, 2.75) is 6.42 Å². The molecule has 0 atom stereocenters. The van der Waals surface area contributed by atoms with E-state index in [0.717, 1.165) is 5.82 Å². The van der Waals surface area contributed by atoms with Crippen LogP contribution in [0.1, 0.15) is 11.4 Å². The highest BCUT2D eigenvalue weighted by molar-refractivity contribution is 5.86. The van der Waals surface area contributed by atoms with Crippen molar-refractivity contribution in [3.8, 4) is 0 Å². The Bertz CT molecular complexity index is 936. The monoisotopic (exact) mass is 275 g/mol. The second-order valence-corrected chi connectivity index (χ2v) is 4.96. The van der Waals surface area contributed by atoms with Crippen LogP contribution in [-0.4, -0.2) is 19.9 Å². The lowest BCUT2D eigenvalue weighted by Gasteiger charge is -2.04. The summed E-state index contributed by atoms with van der Waals surface area (Å²) in [6.45, 7) is 0. The molecule has 0 amide bonds. The van der Waals surface area contributed by atoms with Gasteiger partial charge in [0.25, 0.3) is 0 Å². The third-order valence-corrected chi connectivity index (χ3v) is 3.60. The SMILES string of the molecule is Nc1ncnc2nc(Cc3cccc4ccccc34)[nH]c12. The van der Waals surface area contributed by atoms with Crippen molar-refractivity contribution in [3.63, 3.8) is 0 Å². The number of aromatic amines is 1. The van der Waals surface area contributed by atoms with Gasteiger partial charge in [0, 0.05) is 6.42 Å². The first-order valence-corrected chi connectivity index (χ1v) is 6.73. The van der Waals surface area contributed by atoms with Crippen molar-refractivity contribution >= 4 is 27.8 Å². The fourth-order valence-corrected chi connectivity index (χ4v) is 2.60. The molecule has 5 nitrogen and oxygen atoms in total. The highest BCUT2D eigenvalue weighted by Crippen LogP contribution is 2.22. The van der Waals surface area contributed by atoms with Crippen LogP contribution in [0.2, 0.25) is 0 Å². The lowest BCUT2D eigenvalue weighted by atomic mass is 10.0. The van der Waals surface area contributed by atoms with Gasteiger partial charge >= 0.3 is 0 Å². The first-order chi connectivity index (χ1) is 10.3. The number of anilines is 1. The highest BCUT2D eigenvalue weighted by atomic mass is 15.0. The summed E-state index contributed by atoms with van der Waals surface area (Å²) in [4.78, 5) is 15.8. The van der Waals surface area contributed by atoms with Crippen LogP contribution < -0.4 is 5.73 Å². The number of benzene rings is 2. The van der Waals surface area contributed by atoms with Gasteiger partial charge in [-0.25, -0.2) is 15.0 Å². The molecule has 0 unspecified atom stereocenters. The van der Waals surface area contributed by atoms with Crippen molar-refractivity contribution in [2.24, 2.45) is 0 Å². The number of fused-ring (bicyclic) bond motifs is 2. The fraction of sp³-hybridized carbons (Fsp3) is 0.0625. The molecule has 0 saturated heterocycles. The van der Waals surface area contributed by atoms with E-state index >= 15 is 0 Å². The minimum atomic E-state index is 0.427. The molecule has 3 N–H and O–H groups in total. The van der Waals surface area contributed by atoms with E-state index in [2.05, 4.69) is 50.3 Å². The van der Waals surface area contributed by atoms with E-state index in [1.165, 1.54) is 22.7 Å². The molecular formula is C16H13N5. The summed E-state index contributed by atoms with van der Waals surface area (Å²) < 4.78 is 0. The van der Waals surface area contributed by atoms with Gasteiger partial charge in [0.1, 0.15) is 17.7 Å². The van der Waals surface area contributed by atoms with Crippen LogP contribution in [0.3, 0.4) is 0 Å². The number of nitrogens with zero attached hydrogens (tertiary/aromatic N) is 3. The summed E-state index contributed by atoms with van der Waals surface area (Å²) in [5.41, 5.74) is 8.36. The number of nitrogen functional groups attached to an aromatic ring is 1. The molecule has 2 aromatic carbocycles. The number of aromatic nitrogens is 4. The van der Waals surface area contributed by atoms with E-state index in [4.69, 9.17) is 5.73 Å². The largest absolute Gasteiger partial charge is 0.382 e. The van der Waals surface area contributed by atoms with Crippen molar-refractivity contribution in [1.82, 2.24) is 19.9 Å². The van der Waals surface area contributed by atoms with Crippen molar-refractivity contribution in [1.29, 1.82) is 0 Å². The maximum absolute atomic E-state index is 5.83. The zero-order valence-electron chi connectivity index (χ0n) is 11.2. The lowest BCUT2D eigenvalue weighted by Crippen LogP contribution is -1.93. The first-order valence-electron chi connectivity index (χ1n) is 6.73. The molecule has 21 heavy (non-hydrogen) atoms. The van der Waals surface area contributed by atoms with Crippen LogP contribution in [-0.2, 0) is 6.42 Å². The molecule has 2 aromatic heterocycles. The van der Waals surface area contributed by atoms with Crippen molar-refractivity contribution < 1.29 is 0 Å². The van der Waals surface area contributed by atoms with Gasteiger partial charge in [-0.2, -0.15) is 0 Å². The van der Waals surface area contributed by atoms with E-state index in [1.807, 2.05) is 12.1 Å². The summed E-state index contributed by atoms with van der Waals surface area (Å²) in [6.07, 6.45) is 2.14. The van der Waals surface area contributed by atoms with E-state index in [9.17, 15) is 0 Å². The van der Waals surface area contributed by atoms with Crippen LogP contribution in [0.15, 0.2) is 48.8 Å². The van der Waals surface area contributed by atoms with E-state index in [1.54, 1.807) is 0 Å². The third-order valence-electron chi connectivity index (χ3n) is 3.60. The predicted molar refractivity (Wildman–Crippen MR) is 82.9 cm³/mol. The van der Waals surface area contributed by atoms with E-state index < -0.39 is 0 Å². The topological polar surface area (TPSA) is 80.5 Å². The minimum Gasteiger partial charge on any atom is -0.382 e. The van der Waals surface area contributed by atoms with E-state index in [0.29, 0.717) is 23.4 Å². The van der Waals surface area contributed by atoms with Gasteiger partial charge in [-0.1, -0.05) is 42.5 Å². The zero-order valence-corrected chi connectivity index (χ0v) is 11.2. The second-order valence-electron chi connectivity index (χ2n) is 4.96. The standard InChI is InChI=1S/C16H13N5/c17-15-14-16(19-9-18-15)21-13(20-14)8-11-6-3-5-10-4-1-2-7-12(10)11/h1-7,9H,8H2,(H3,17,18,19,20,21). The average Bonchev–Trinajstić information content (AvgIpc) is 2.92. The minimum absolute atomic E-state index is 0.427. The first kappa shape index (κ1) is 11.8. The molecule has 0 aliphatic heterocycles. The van der Waals surface area contributed by atoms with E-state index in [-0.39, 0.29) is 0 Å². The Balaban J connectivity index is 1.81. The Hall–Kier alpha value is -2.95. The van der Waals surface area contributed by atoms with Crippen LogP contribution >= 0.6 is 0 Å². The van der Waals surface area contributed by atoms with Crippen LogP contribution in [0.4, 0.5) is 5.82 Å². The Morgan fingerprint density at radius 2 is 1.86 bits per heavy atom. The normalized spacial score (nSPS) is 11.2. The van der Waals surface area contributed by atoms with Gasteiger partial charge in [-0.15, -0.1) is 0 Å². The maximum atomic E-state index is 5.83. The number of hydrogen-bond acceptors (Lipinski definition) is 4. The second kappa shape index (κ2) is 4.56. The molecule has 5 heteroatoms. The summed E-state index contributed by atoms with van der Waals surface area (Å²) in [5, 5.41) is 2.46. The molecule has 0 radical (unpaired) electrons. The van der Waals surface area contributed by atoms with Crippen LogP contribution in [0, 0.1) is 0 Å². The number of hydrogen-bond donors (Lipinski definition) is 2. The Kier molecular flexibility index (Phi) is 2.57. The fourth-order valence-electron chi connectivity index (χ4n) is 2.60. The van der Waals surface area contributed by atoms with Gasteiger partial charge in [0.05, 0.1) is 0 Å². The van der Waals surface area contributed by atoms with Crippen LogP contribution in [0.5, 0.6) is 0 Å². The van der Waals surface area contributed by atoms with Gasteiger partial charge in [-0.3, -0.25) is 0 Å². The molecule has 2 heterocycles. The predicted octanol–water partition coefficient (Wildman–Crippen LogP) is 2.68. The number of nitrogens with two attached hydrogens (primary N) is 1. The van der Waals surface area contributed by atoms with Gasteiger partial charge in [0.15, 0.2) is 11.5 Å². The summed E-state index contributed by atoms with van der Waals surface area (Å²) >= 11 is 0. The Morgan fingerprint density at radius 3 is 2.76 bits per heavy atom. The lowest BCUT2D eigenvalue weighted by molar-refractivity contribution is 1.04. The summed E-state index contributed by atoms with van der Waals surface area (Å²) in [6, 6.07) is 14.6. The molecule has 0 bridgehead atoms. The summed E-state index contributed by atoms with van der Waals surface area (Å²) in [7, 11) is 0. The third kappa shape index (κ3) is 1.99. The number of nitrogens with one attached hydrogen (secondary N) is 1. The smallest absolute Gasteiger partial charge is 0.183 e. The molecule has 0 aliphatic rings.